The SMILES string of the molecule is CC(C)(C)c1c(C(C)(C)C)c(C(C)(C)C)c2c3nc4nc(nc5[nH]c(nc6nc(nc([nH]3)c2c1C(C)(C)C)-c1ccccc1-6)c1ccccc51)-c1ccccc1-4.[MgH2]. The minimum absolute atomic E-state index is 0. The number of nitrogens with zero attached hydrogens (tertiary/aromatic N) is 6. The molecule has 2 aliphatic rings. The van der Waals surface area contributed by atoms with Crippen LogP contribution in [0.2, 0.25) is 0 Å². The molecule has 0 unspecified atom stereocenters. The average molecular weight is 765 g/mol. The highest BCUT2D eigenvalue weighted by Crippen LogP contribution is 2.52. The van der Waals surface area contributed by atoms with E-state index < -0.39 is 0 Å². The smallest absolute Gasteiger partial charge is 0.316 e. The maximum atomic E-state index is 5.53. The largest absolute Gasteiger partial charge is 0.324 e. The van der Waals surface area contributed by atoms with Gasteiger partial charge in [0.05, 0.1) is 0 Å². The minimum Gasteiger partial charge on any atom is -0.324 e. The molecule has 0 saturated heterocycles. The fourth-order valence-corrected chi connectivity index (χ4v) is 8.90. The molecule has 2 N–H and O–H groups in total. The van der Waals surface area contributed by atoms with Crippen LogP contribution in [0.4, 0.5) is 0 Å². The lowest BCUT2D eigenvalue weighted by atomic mass is 9.63. The third kappa shape index (κ3) is 6.25. The standard InChI is InChI=1S/C48H50N8.Mg.2H/c1-45(2,3)33-31-32(34(46(4,5)6)36(48(10,11)12)35(33)47(7,8)9)44-55-42-30-24-18-16-22-28(30)40(53-42)51-38-26-20-14-13-19-25(26)37(49-38)50-39-27-21-15-17-23-29(27)41(52-39)54-43(31)56-44;;;/h13-24H,1-12H3,(H2,49,50,51,52,53,54,55,56);;;. The van der Waals surface area contributed by atoms with Crippen LogP contribution in [0.25, 0.3) is 89.7 Å². The molecular weight excluding hydrogens is 713 g/mol. The van der Waals surface area contributed by atoms with E-state index in [1.54, 1.807) is 0 Å². The van der Waals surface area contributed by atoms with E-state index in [-0.39, 0.29) is 44.7 Å². The zero-order valence-corrected chi connectivity index (χ0v) is 34.6. The molecule has 8 nitrogen and oxygen atoms in total. The van der Waals surface area contributed by atoms with E-state index in [1.807, 2.05) is 36.4 Å². The lowest BCUT2D eigenvalue weighted by Crippen LogP contribution is -2.32. The van der Waals surface area contributed by atoms with Gasteiger partial charge in [-0.05, 0) is 43.9 Å². The lowest BCUT2D eigenvalue weighted by molar-refractivity contribution is 0.482. The van der Waals surface area contributed by atoms with Crippen LogP contribution >= 0.6 is 0 Å². The van der Waals surface area contributed by atoms with Crippen LogP contribution in [-0.4, -0.2) is 62.9 Å². The van der Waals surface area contributed by atoms with Crippen LogP contribution in [0.5, 0.6) is 0 Å². The molecule has 4 aromatic carbocycles. The van der Waals surface area contributed by atoms with Gasteiger partial charge < -0.3 is 9.97 Å². The highest BCUT2D eigenvalue weighted by atomic mass is 24.3. The van der Waals surface area contributed by atoms with Gasteiger partial charge in [0.25, 0.3) is 0 Å². The van der Waals surface area contributed by atoms with Gasteiger partial charge in [-0.3, -0.25) is 0 Å². The van der Waals surface area contributed by atoms with E-state index in [0.29, 0.717) is 34.6 Å². The highest BCUT2D eigenvalue weighted by molar-refractivity contribution is 6.11. The van der Waals surface area contributed by atoms with Gasteiger partial charge in [0.1, 0.15) is 22.6 Å². The molecule has 3 aromatic heterocycles. The molecule has 5 heterocycles. The van der Waals surface area contributed by atoms with Gasteiger partial charge >= 0.3 is 23.1 Å². The maximum absolute atomic E-state index is 5.53. The van der Waals surface area contributed by atoms with E-state index in [2.05, 4.69) is 129 Å². The number of rotatable bonds is 0. The van der Waals surface area contributed by atoms with Crippen LogP contribution in [0.15, 0.2) is 72.8 Å². The van der Waals surface area contributed by atoms with Crippen molar-refractivity contribution in [3.8, 4) is 45.6 Å². The Hall–Kier alpha value is -4.99. The molecule has 286 valence electrons. The predicted octanol–water partition coefficient (Wildman–Crippen LogP) is 11.1. The number of nitrogens with one attached hydrogen (secondary N) is 2. The number of H-pyrrole nitrogens is 2. The second kappa shape index (κ2) is 13.0. The molecule has 0 atom stereocenters. The summed E-state index contributed by atoms with van der Waals surface area (Å²) in [6.07, 6.45) is 0. The molecule has 57 heavy (non-hydrogen) atoms. The highest BCUT2D eigenvalue weighted by Gasteiger charge is 2.40. The Bertz CT molecular complexity index is 2760. The number of fused-ring (bicyclic) bond motifs is 20. The molecule has 0 amide bonds. The fraction of sp³-hybridized carbons (Fsp3) is 0.333. The van der Waals surface area contributed by atoms with E-state index in [4.69, 9.17) is 29.9 Å². The van der Waals surface area contributed by atoms with Crippen molar-refractivity contribution in [2.45, 2.75) is 105 Å². The van der Waals surface area contributed by atoms with Gasteiger partial charge in [-0.1, -0.05) is 156 Å². The number of hydrogen-bond acceptors (Lipinski definition) is 6. The molecule has 0 aliphatic carbocycles. The van der Waals surface area contributed by atoms with Crippen molar-refractivity contribution < 1.29 is 0 Å². The number of hydrogen-bond donors (Lipinski definition) is 2. The first-order valence-electron chi connectivity index (χ1n) is 19.7. The van der Waals surface area contributed by atoms with Gasteiger partial charge in [0, 0.05) is 43.8 Å². The van der Waals surface area contributed by atoms with E-state index >= 15 is 0 Å². The summed E-state index contributed by atoms with van der Waals surface area (Å²) >= 11 is 0. The van der Waals surface area contributed by atoms with Crippen LogP contribution in [0.3, 0.4) is 0 Å². The van der Waals surface area contributed by atoms with Crippen LogP contribution in [0.1, 0.15) is 105 Å². The summed E-state index contributed by atoms with van der Waals surface area (Å²) in [4.78, 5) is 39.2. The quantitative estimate of drug-likeness (QED) is 0.149. The molecule has 2 aliphatic heterocycles. The number of benzene rings is 4. The molecular formula is C48H52MgN8. The van der Waals surface area contributed by atoms with E-state index in [1.165, 1.54) is 22.3 Å². The first-order chi connectivity index (χ1) is 26.3. The Balaban J connectivity index is 0.00000455. The third-order valence-corrected chi connectivity index (χ3v) is 11.0. The first kappa shape index (κ1) is 38.9. The van der Waals surface area contributed by atoms with Crippen molar-refractivity contribution in [3.05, 3.63) is 95.1 Å². The van der Waals surface area contributed by atoms with Crippen LogP contribution in [-0.2, 0) is 21.7 Å². The van der Waals surface area contributed by atoms with Crippen molar-refractivity contribution >= 4 is 67.2 Å². The number of aromatic amines is 2. The Morgan fingerprint density at radius 3 is 0.895 bits per heavy atom. The lowest BCUT2D eigenvalue weighted by Gasteiger charge is -2.41. The molecule has 0 spiro atoms. The van der Waals surface area contributed by atoms with E-state index in [9.17, 15) is 0 Å². The summed E-state index contributed by atoms with van der Waals surface area (Å²) in [7, 11) is 0. The van der Waals surface area contributed by atoms with Gasteiger partial charge in [-0.25, -0.2) is 29.9 Å². The van der Waals surface area contributed by atoms with Crippen molar-refractivity contribution in [2.75, 3.05) is 0 Å². The fourth-order valence-electron chi connectivity index (χ4n) is 8.90. The Morgan fingerprint density at radius 2 is 0.596 bits per heavy atom. The van der Waals surface area contributed by atoms with Crippen LogP contribution in [0, 0.1) is 0 Å². The third-order valence-electron chi connectivity index (χ3n) is 11.0. The summed E-state index contributed by atoms with van der Waals surface area (Å²) in [5.41, 5.74) is 10.9. The summed E-state index contributed by atoms with van der Waals surface area (Å²) in [6.45, 7) is 28.0. The Labute approximate surface area is 350 Å². The van der Waals surface area contributed by atoms with Crippen molar-refractivity contribution in [1.82, 2.24) is 39.9 Å². The summed E-state index contributed by atoms with van der Waals surface area (Å²) in [6, 6.07) is 24.6. The first-order valence-corrected chi connectivity index (χ1v) is 19.7. The average Bonchev–Trinajstić information content (AvgIpc) is 3.84. The summed E-state index contributed by atoms with van der Waals surface area (Å²) in [5, 5.41) is 4.06. The van der Waals surface area contributed by atoms with Gasteiger partial charge in [0.15, 0.2) is 23.3 Å². The van der Waals surface area contributed by atoms with Crippen molar-refractivity contribution in [3.63, 3.8) is 0 Å². The molecule has 0 fully saturated rings. The Kier molecular flexibility index (Phi) is 8.87. The van der Waals surface area contributed by atoms with Crippen LogP contribution < -0.4 is 0 Å². The normalized spacial score (nSPS) is 13.1. The zero-order chi connectivity index (χ0) is 39.7. The zero-order valence-electron chi connectivity index (χ0n) is 34.6. The van der Waals surface area contributed by atoms with Gasteiger partial charge in [-0.2, -0.15) is 0 Å². The number of aromatic nitrogens is 8. The van der Waals surface area contributed by atoms with Crippen molar-refractivity contribution in [1.29, 1.82) is 0 Å². The monoisotopic (exact) mass is 764 g/mol. The second-order valence-electron chi connectivity index (χ2n) is 19.5. The molecule has 0 saturated carbocycles. The van der Waals surface area contributed by atoms with E-state index in [0.717, 1.165) is 55.1 Å². The topological polar surface area (TPSA) is 109 Å². The van der Waals surface area contributed by atoms with Gasteiger partial charge in [-0.15, -0.1) is 0 Å². The molecule has 8 bridgehead atoms. The second-order valence-corrected chi connectivity index (χ2v) is 19.5. The minimum atomic E-state index is -0.259. The molecule has 7 aromatic rings. The summed E-state index contributed by atoms with van der Waals surface area (Å²) in [5.74, 6) is 2.41. The van der Waals surface area contributed by atoms with Crippen molar-refractivity contribution in [2.24, 2.45) is 0 Å². The van der Waals surface area contributed by atoms with Gasteiger partial charge in [0.2, 0.25) is 0 Å². The Morgan fingerprint density at radius 1 is 0.333 bits per heavy atom. The molecule has 9 rings (SSSR count). The summed E-state index contributed by atoms with van der Waals surface area (Å²) < 4.78 is 0. The maximum Gasteiger partial charge on any atom is 0.316 e. The predicted molar refractivity (Wildman–Crippen MR) is 239 cm³/mol. The molecule has 0 radical (unpaired) electrons. The molecule has 9 heteroatoms.